The van der Waals surface area contributed by atoms with E-state index in [0.29, 0.717) is 5.56 Å². The molecule has 2 aromatic carbocycles. The Morgan fingerprint density at radius 3 is 2.36 bits per heavy atom. The van der Waals surface area contributed by atoms with Crippen LogP contribution in [0.2, 0.25) is 0 Å². The van der Waals surface area contributed by atoms with Gasteiger partial charge in [-0.2, -0.15) is 0 Å². The highest BCUT2D eigenvalue weighted by Crippen LogP contribution is 2.38. The summed E-state index contributed by atoms with van der Waals surface area (Å²) in [6.07, 6.45) is 0. The molecule has 4 nitrogen and oxygen atoms in total. The number of carbonyl (C=O) groups is 1. The molecule has 6 heteroatoms. The van der Waals surface area contributed by atoms with Crippen LogP contribution in [0.25, 0.3) is 10.7 Å². The van der Waals surface area contributed by atoms with Crippen LogP contribution in [0.3, 0.4) is 0 Å². The van der Waals surface area contributed by atoms with E-state index >= 15 is 0 Å². The monoisotopic (exact) mass is 405 g/mol. The Morgan fingerprint density at radius 1 is 1.00 bits per heavy atom. The number of thioether (sulfide) groups is 1. The van der Waals surface area contributed by atoms with Crippen LogP contribution in [0.15, 0.2) is 83.3 Å². The molecule has 0 radical (unpaired) electrons. The van der Waals surface area contributed by atoms with Crippen molar-refractivity contribution >= 4 is 28.9 Å². The zero-order valence-corrected chi connectivity index (χ0v) is 17.0. The van der Waals surface area contributed by atoms with Crippen LogP contribution in [-0.2, 0) is 6.54 Å². The van der Waals surface area contributed by atoms with Gasteiger partial charge in [0.25, 0.3) is 0 Å². The van der Waals surface area contributed by atoms with Crippen LogP contribution in [-0.4, -0.2) is 20.5 Å². The van der Waals surface area contributed by atoms with Gasteiger partial charge in [0.15, 0.2) is 16.8 Å². The second kappa shape index (κ2) is 8.54. The SMILES string of the molecule is CCn1c(S[C@@H](C(=O)c2ccccc2)c2ccccc2)nnc1-c1cccs1. The number of Topliss-reactive ketones (excluding diaryl/α,β-unsaturated/α-hetero) is 1. The Bertz CT molecular complexity index is 1040. The maximum absolute atomic E-state index is 13.3. The molecule has 2 heterocycles. The molecule has 0 amide bonds. The van der Waals surface area contributed by atoms with Crippen LogP contribution in [0.4, 0.5) is 0 Å². The zero-order valence-electron chi connectivity index (χ0n) is 15.4. The van der Waals surface area contributed by atoms with Gasteiger partial charge in [-0.15, -0.1) is 21.5 Å². The molecular formula is C22H19N3OS2. The van der Waals surface area contributed by atoms with Gasteiger partial charge in [-0.05, 0) is 23.9 Å². The van der Waals surface area contributed by atoms with E-state index in [0.717, 1.165) is 28.0 Å². The summed E-state index contributed by atoms with van der Waals surface area (Å²) < 4.78 is 2.07. The van der Waals surface area contributed by atoms with Gasteiger partial charge in [-0.25, -0.2) is 0 Å². The molecule has 2 aromatic heterocycles. The van der Waals surface area contributed by atoms with E-state index in [9.17, 15) is 4.79 Å². The number of ketones is 1. The lowest BCUT2D eigenvalue weighted by molar-refractivity contribution is 0.0989. The van der Waals surface area contributed by atoms with E-state index in [4.69, 9.17) is 0 Å². The minimum absolute atomic E-state index is 0.0696. The smallest absolute Gasteiger partial charge is 0.192 e. The summed E-state index contributed by atoms with van der Waals surface area (Å²) in [5.74, 6) is 0.916. The van der Waals surface area contributed by atoms with Gasteiger partial charge in [0, 0.05) is 12.1 Å². The molecule has 0 aliphatic carbocycles. The highest BCUT2D eigenvalue weighted by Gasteiger charge is 2.26. The molecule has 1 atom stereocenters. The third kappa shape index (κ3) is 3.79. The Balaban J connectivity index is 1.72. The number of hydrogen-bond acceptors (Lipinski definition) is 5. The number of hydrogen-bond donors (Lipinski definition) is 0. The Morgan fingerprint density at radius 2 is 1.71 bits per heavy atom. The van der Waals surface area contributed by atoms with E-state index in [1.165, 1.54) is 11.8 Å². The molecule has 0 saturated carbocycles. The fraction of sp³-hybridized carbons (Fsp3) is 0.136. The van der Waals surface area contributed by atoms with Crippen LogP contribution in [0.5, 0.6) is 0 Å². The molecule has 0 unspecified atom stereocenters. The predicted molar refractivity (Wildman–Crippen MR) is 115 cm³/mol. The Hall–Kier alpha value is -2.70. The molecule has 28 heavy (non-hydrogen) atoms. The maximum atomic E-state index is 13.3. The number of rotatable bonds is 7. The van der Waals surface area contributed by atoms with Gasteiger partial charge in [-0.1, -0.05) is 78.5 Å². The fourth-order valence-electron chi connectivity index (χ4n) is 3.01. The molecule has 0 saturated heterocycles. The number of aromatic nitrogens is 3. The topological polar surface area (TPSA) is 47.8 Å². The van der Waals surface area contributed by atoms with Crippen LogP contribution >= 0.6 is 23.1 Å². The summed E-state index contributed by atoms with van der Waals surface area (Å²) in [4.78, 5) is 14.4. The lowest BCUT2D eigenvalue weighted by atomic mass is 10.0. The third-order valence-electron chi connectivity index (χ3n) is 4.40. The van der Waals surface area contributed by atoms with Gasteiger partial charge in [0.1, 0.15) is 5.25 Å². The third-order valence-corrected chi connectivity index (χ3v) is 6.50. The highest BCUT2D eigenvalue weighted by atomic mass is 32.2. The summed E-state index contributed by atoms with van der Waals surface area (Å²) in [6, 6.07) is 23.3. The first-order valence-corrected chi connectivity index (χ1v) is 10.8. The largest absolute Gasteiger partial charge is 0.302 e. The summed E-state index contributed by atoms with van der Waals surface area (Å²) >= 11 is 3.10. The van der Waals surface area contributed by atoms with Crippen LogP contribution in [0, 0.1) is 0 Å². The summed E-state index contributed by atoms with van der Waals surface area (Å²) in [5.41, 5.74) is 1.66. The van der Waals surface area contributed by atoms with E-state index in [-0.39, 0.29) is 11.0 Å². The highest BCUT2D eigenvalue weighted by molar-refractivity contribution is 8.00. The van der Waals surface area contributed by atoms with Crippen LogP contribution in [0.1, 0.15) is 28.1 Å². The minimum Gasteiger partial charge on any atom is -0.302 e. The van der Waals surface area contributed by atoms with Gasteiger partial charge < -0.3 is 4.57 Å². The van der Waals surface area contributed by atoms with Crippen molar-refractivity contribution < 1.29 is 4.79 Å². The molecule has 0 aliphatic rings. The molecule has 4 aromatic rings. The first-order chi connectivity index (χ1) is 13.8. The standard InChI is InChI=1S/C22H19N3OS2/c1-2-25-21(18-14-9-15-27-18)23-24-22(25)28-20(17-12-7-4-8-13-17)19(26)16-10-5-3-6-11-16/h3-15,20H,2H2,1H3/t20-/m1/s1. The molecule has 4 rings (SSSR count). The van der Waals surface area contributed by atoms with Crippen LogP contribution < -0.4 is 0 Å². The van der Waals surface area contributed by atoms with Gasteiger partial charge >= 0.3 is 0 Å². The molecule has 0 fully saturated rings. The van der Waals surface area contributed by atoms with E-state index in [1.807, 2.05) is 78.2 Å². The zero-order chi connectivity index (χ0) is 19.3. The molecule has 0 N–H and O–H groups in total. The quantitative estimate of drug-likeness (QED) is 0.290. The average Bonchev–Trinajstić information content (AvgIpc) is 3.42. The van der Waals surface area contributed by atoms with E-state index in [1.54, 1.807) is 11.3 Å². The van der Waals surface area contributed by atoms with Gasteiger partial charge in [0.05, 0.1) is 4.88 Å². The molecule has 0 aliphatic heterocycles. The second-order valence-electron chi connectivity index (χ2n) is 6.17. The minimum atomic E-state index is -0.380. The number of thiophene rings is 1. The molecular weight excluding hydrogens is 386 g/mol. The van der Waals surface area contributed by atoms with E-state index < -0.39 is 0 Å². The Kier molecular flexibility index (Phi) is 5.69. The van der Waals surface area contributed by atoms with Crippen molar-refractivity contribution in [2.24, 2.45) is 0 Å². The molecule has 0 bridgehead atoms. The summed E-state index contributed by atoms with van der Waals surface area (Å²) in [6.45, 7) is 2.81. The second-order valence-corrected chi connectivity index (χ2v) is 8.19. The number of benzene rings is 2. The molecule has 0 spiro atoms. The fourth-order valence-corrected chi connectivity index (χ4v) is 4.90. The maximum Gasteiger partial charge on any atom is 0.192 e. The Labute approximate surface area is 172 Å². The first kappa shape index (κ1) is 18.7. The lowest BCUT2D eigenvalue weighted by Gasteiger charge is -2.16. The van der Waals surface area contributed by atoms with Crippen molar-refractivity contribution in [1.82, 2.24) is 14.8 Å². The first-order valence-electron chi connectivity index (χ1n) is 9.06. The van der Waals surface area contributed by atoms with Crippen molar-refractivity contribution in [2.75, 3.05) is 0 Å². The van der Waals surface area contributed by atoms with Crippen molar-refractivity contribution in [3.63, 3.8) is 0 Å². The number of nitrogens with zero attached hydrogens (tertiary/aromatic N) is 3. The van der Waals surface area contributed by atoms with Gasteiger partial charge in [-0.3, -0.25) is 4.79 Å². The number of carbonyl (C=O) groups excluding carboxylic acids is 1. The van der Waals surface area contributed by atoms with Crippen molar-refractivity contribution in [2.45, 2.75) is 23.9 Å². The van der Waals surface area contributed by atoms with Crippen molar-refractivity contribution in [3.05, 3.63) is 89.3 Å². The lowest BCUT2D eigenvalue weighted by Crippen LogP contribution is -2.11. The average molecular weight is 406 g/mol. The molecule has 140 valence electrons. The predicted octanol–water partition coefficient (Wildman–Crippen LogP) is 5.74. The van der Waals surface area contributed by atoms with E-state index in [2.05, 4.69) is 21.7 Å². The van der Waals surface area contributed by atoms with Crippen molar-refractivity contribution in [3.8, 4) is 10.7 Å². The van der Waals surface area contributed by atoms with Gasteiger partial charge in [0.2, 0.25) is 0 Å². The summed E-state index contributed by atoms with van der Waals surface area (Å²) in [5, 5.41) is 11.2. The van der Waals surface area contributed by atoms with Crippen molar-refractivity contribution in [1.29, 1.82) is 0 Å². The normalized spacial score (nSPS) is 12.0. The summed E-state index contributed by atoms with van der Waals surface area (Å²) in [7, 11) is 0.